The number of hydrogen-bond acceptors (Lipinski definition) is 0. The summed E-state index contributed by atoms with van der Waals surface area (Å²) in [7, 11) is 0. The SMILES string of the molecule is CCCCCC/C(=C/c1ccccc1)CCCC. The maximum absolute atomic E-state index is 2.40. The first-order valence-corrected chi connectivity index (χ1v) is 7.61. The van der Waals surface area contributed by atoms with Crippen LogP contribution in [-0.2, 0) is 0 Å². The third-order valence-electron chi connectivity index (χ3n) is 3.37. The van der Waals surface area contributed by atoms with Gasteiger partial charge >= 0.3 is 0 Å². The van der Waals surface area contributed by atoms with Crippen molar-refractivity contribution in [2.45, 2.75) is 65.2 Å². The maximum Gasteiger partial charge on any atom is -0.0257 e. The summed E-state index contributed by atoms with van der Waals surface area (Å²) in [6, 6.07) is 10.8. The Kier molecular flexibility index (Phi) is 8.29. The minimum absolute atomic E-state index is 1.28. The minimum atomic E-state index is 1.28. The molecule has 0 heteroatoms. The zero-order valence-electron chi connectivity index (χ0n) is 12.1. The first-order valence-electron chi connectivity index (χ1n) is 7.61. The van der Waals surface area contributed by atoms with Crippen molar-refractivity contribution in [3.8, 4) is 0 Å². The van der Waals surface area contributed by atoms with Crippen LogP contribution in [0.25, 0.3) is 6.08 Å². The molecule has 0 unspecified atom stereocenters. The van der Waals surface area contributed by atoms with Crippen LogP contribution in [0.1, 0.15) is 70.8 Å². The van der Waals surface area contributed by atoms with Crippen LogP contribution < -0.4 is 0 Å². The molecular formula is C18H28. The summed E-state index contributed by atoms with van der Waals surface area (Å²) in [6.07, 6.45) is 13.0. The molecule has 0 spiro atoms. The quantitative estimate of drug-likeness (QED) is 0.452. The molecule has 0 aliphatic heterocycles. The first kappa shape index (κ1) is 15.0. The average Bonchev–Trinajstić information content (AvgIpc) is 2.41. The van der Waals surface area contributed by atoms with Gasteiger partial charge in [-0.05, 0) is 31.2 Å². The third-order valence-corrected chi connectivity index (χ3v) is 3.37. The van der Waals surface area contributed by atoms with Gasteiger partial charge < -0.3 is 0 Å². The molecule has 0 saturated heterocycles. The Labute approximate surface area is 113 Å². The minimum Gasteiger partial charge on any atom is -0.0696 e. The molecule has 1 aromatic rings. The van der Waals surface area contributed by atoms with E-state index in [1.165, 1.54) is 56.9 Å². The van der Waals surface area contributed by atoms with Crippen molar-refractivity contribution in [1.29, 1.82) is 0 Å². The molecule has 0 aromatic heterocycles. The van der Waals surface area contributed by atoms with E-state index in [2.05, 4.69) is 50.3 Å². The Morgan fingerprint density at radius 1 is 0.833 bits per heavy atom. The van der Waals surface area contributed by atoms with Crippen molar-refractivity contribution in [3.63, 3.8) is 0 Å². The zero-order chi connectivity index (χ0) is 13.1. The van der Waals surface area contributed by atoms with Gasteiger partial charge in [0.25, 0.3) is 0 Å². The van der Waals surface area contributed by atoms with Crippen LogP contribution >= 0.6 is 0 Å². The van der Waals surface area contributed by atoms with Gasteiger partial charge in [-0.3, -0.25) is 0 Å². The van der Waals surface area contributed by atoms with Crippen molar-refractivity contribution in [2.24, 2.45) is 0 Å². The molecule has 1 rings (SSSR count). The zero-order valence-corrected chi connectivity index (χ0v) is 12.1. The molecule has 0 N–H and O–H groups in total. The maximum atomic E-state index is 2.40. The summed E-state index contributed by atoms with van der Waals surface area (Å²) < 4.78 is 0. The second kappa shape index (κ2) is 9.94. The highest BCUT2D eigenvalue weighted by atomic mass is 14.0. The Bertz CT molecular complexity index is 321. The molecule has 0 bridgehead atoms. The topological polar surface area (TPSA) is 0 Å². The van der Waals surface area contributed by atoms with Crippen LogP contribution in [-0.4, -0.2) is 0 Å². The second-order valence-corrected chi connectivity index (χ2v) is 5.13. The van der Waals surface area contributed by atoms with Crippen LogP contribution in [0.3, 0.4) is 0 Å². The molecule has 0 amide bonds. The van der Waals surface area contributed by atoms with E-state index in [1.807, 2.05) is 0 Å². The molecule has 0 nitrogen and oxygen atoms in total. The van der Waals surface area contributed by atoms with Gasteiger partial charge in [-0.25, -0.2) is 0 Å². The third kappa shape index (κ3) is 6.64. The number of rotatable bonds is 9. The first-order chi connectivity index (χ1) is 8.86. The van der Waals surface area contributed by atoms with Crippen LogP contribution in [0.15, 0.2) is 35.9 Å². The molecule has 18 heavy (non-hydrogen) atoms. The molecule has 0 heterocycles. The molecule has 1 aromatic carbocycles. The van der Waals surface area contributed by atoms with Crippen LogP contribution in [0, 0.1) is 0 Å². The average molecular weight is 244 g/mol. The lowest BCUT2D eigenvalue weighted by Crippen LogP contribution is -1.87. The number of hydrogen-bond donors (Lipinski definition) is 0. The van der Waals surface area contributed by atoms with Gasteiger partial charge in [0.2, 0.25) is 0 Å². The van der Waals surface area contributed by atoms with Crippen LogP contribution in [0.5, 0.6) is 0 Å². The molecule has 0 saturated carbocycles. The smallest absolute Gasteiger partial charge is 0.0257 e. The van der Waals surface area contributed by atoms with Gasteiger partial charge in [-0.1, -0.05) is 81.5 Å². The van der Waals surface area contributed by atoms with Crippen LogP contribution in [0.4, 0.5) is 0 Å². The predicted molar refractivity (Wildman–Crippen MR) is 82.7 cm³/mol. The van der Waals surface area contributed by atoms with Crippen molar-refractivity contribution in [2.75, 3.05) is 0 Å². The summed E-state index contributed by atoms with van der Waals surface area (Å²) in [5.41, 5.74) is 3.00. The fourth-order valence-corrected chi connectivity index (χ4v) is 2.24. The van der Waals surface area contributed by atoms with Gasteiger partial charge in [0.15, 0.2) is 0 Å². The fourth-order valence-electron chi connectivity index (χ4n) is 2.24. The summed E-state index contributed by atoms with van der Waals surface area (Å²) >= 11 is 0. The van der Waals surface area contributed by atoms with E-state index in [-0.39, 0.29) is 0 Å². The molecule has 100 valence electrons. The highest BCUT2D eigenvalue weighted by Gasteiger charge is 1.98. The van der Waals surface area contributed by atoms with Gasteiger partial charge in [0.05, 0.1) is 0 Å². The van der Waals surface area contributed by atoms with E-state index in [0.717, 1.165) is 0 Å². The van der Waals surface area contributed by atoms with Crippen molar-refractivity contribution < 1.29 is 0 Å². The second-order valence-electron chi connectivity index (χ2n) is 5.13. The van der Waals surface area contributed by atoms with E-state index in [0.29, 0.717) is 0 Å². The Morgan fingerprint density at radius 2 is 1.50 bits per heavy atom. The Balaban J connectivity index is 2.51. The fraction of sp³-hybridized carbons (Fsp3) is 0.556. The molecule has 0 radical (unpaired) electrons. The summed E-state index contributed by atoms with van der Waals surface area (Å²) in [6.45, 7) is 4.55. The van der Waals surface area contributed by atoms with Gasteiger partial charge in [0.1, 0.15) is 0 Å². The van der Waals surface area contributed by atoms with Gasteiger partial charge in [-0.15, -0.1) is 0 Å². The molecule has 0 aliphatic rings. The lowest BCUT2D eigenvalue weighted by atomic mass is 9.99. The summed E-state index contributed by atoms with van der Waals surface area (Å²) in [5.74, 6) is 0. The largest absolute Gasteiger partial charge is 0.0696 e. The van der Waals surface area contributed by atoms with Crippen molar-refractivity contribution in [3.05, 3.63) is 41.5 Å². The lowest BCUT2D eigenvalue weighted by Gasteiger charge is -2.07. The summed E-state index contributed by atoms with van der Waals surface area (Å²) in [5, 5.41) is 0. The van der Waals surface area contributed by atoms with Gasteiger partial charge in [0, 0.05) is 0 Å². The van der Waals surface area contributed by atoms with E-state index in [9.17, 15) is 0 Å². The Hall–Kier alpha value is -1.04. The predicted octanol–water partition coefficient (Wildman–Crippen LogP) is 6.23. The number of benzene rings is 1. The standard InChI is InChI=1S/C18H28/c1-3-5-7-9-13-17(12-6-4-2)16-18-14-10-8-11-15-18/h8,10-11,14-16H,3-7,9,12-13H2,1-2H3/b17-16+. The number of unbranched alkanes of at least 4 members (excludes halogenated alkanes) is 4. The molecule has 0 atom stereocenters. The van der Waals surface area contributed by atoms with Gasteiger partial charge in [-0.2, -0.15) is 0 Å². The lowest BCUT2D eigenvalue weighted by molar-refractivity contribution is 0.647. The molecular weight excluding hydrogens is 216 g/mol. The van der Waals surface area contributed by atoms with E-state index in [1.54, 1.807) is 5.57 Å². The van der Waals surface area contributed by atoms with Crippen molar-refractivity contribution >= 4 is 6.08 Å². The van der Waals surface area contributed by atoms with E-state index in [4.69, 9.17) is 0 Å². The highest BCUT2D eigenvalue weighted by Crippen LogP contribution is 2.19. The summed E-state index contributed by atoms with van der Waals surface area (Å²) in [4.78, 5) is 0. The normalized spacial score (nSPS) is 11.8. The monoisotopic (exact) mass is 244 g/mol. The molecule has 0 aliphatic carbocycles. The van der Waals surface area contributed by atoms with Crippen molar-refractivity contribution in [1.82, 2.24) is 0 Å². The highest BCUT2D eigenvalue weighted by molar-refractivity contribution is 5.52. The van der Waals surface area contributed by atoms with E-state index < -0.39 is 0 Å². The Morgan fingerprint density at radius 3 is 2.17 bits per heavy atom. The number of allylic oxidation sites excluding steroid dienone is 1. The molecule has 0 fully saturated rings. The van der Waals surface area contributed by atoms with Crippen LogP contribution in [0.2, 0.25) is 0 Å². The van der Waals surface area contributed by atoms with E-state index >= 15 is 0 Å².